The molecule has 0 aliphatic rings. The maximum absolute atomic E-state index is 12.6. The number of nitro benzene ring substituents is 1. The topological polar surface area (TPSA) is 73.3 Å². The normalized spacial score (nSPS) is 11.2. The van der Waals surface area contributed by atoms with Gasteiger partial charge in [-0.3, -0.25) is 14.9 Å². The predicted octanol–water partition coefficient (Wildman–Crippen LogP) is 5.15. The van der Waals surface area contributed by atoms with Crippen LogP contribution in [-0.4, -0.2) is 4.92 Å². The Hall–Kier alpha value is -2.66. The van der Waals surface area contributed by atoms with E-state index in [4.69, 9.17) is 16.0 Å². The smallest absolute Gasteiger partial charge is 0.269 e. The second-order valence-corrected chi connectivity index (χ2v) is 6.17. The van der Waals surface area contributed by atoms with Crippen LogP contribution in [0.2, 0.25) is 5.02 Å². The van der Waals surface area contributed by atoms with Gasteiger partial charge < -0.3 is 4.42 Å². The number of fused-ring (bicyclic) bond motifs is 1. The minimum absolute atomic E-state index is 0.0303. The van der Waals surface area contributed by atoms with E-state index < -0.39 is 4.92 Å². The van der Waals surface area contributed by atoms with Crippen LogP contribution in [0.5, 0.6) is 0 Å². The Morgan fingerprint density at radius 3 is 2.38 bits per heavy atom. The van der Waals surface area contributed by atoms with Gasteiger partial charge in [0.2, 0.25) is 5.43 Å². The summed E-state index contributed by atoms with van der Waals surface area (Å²) in [7, 11) is 0. The molecule has 3 rings (SSSR count). The third-order valence-corrected chi connectivity index (χ3v) is 4.21. The van der Waals surface area contributed by atoms with Crippen molar-refractivity contribution in [1.29, 1.82) is 0 Å². The fraction of sp³-hybridized carbons (Fsp3) is 0.167. The molecule has 6 heteroatoms. The van der Waals surface area contributed by atoms with Crippen LogP contribution in [0, 0.1) is 10.1 Å². The Balaban J connectivity index is 2.19. The summed E-state index contributed by atoms with van der Waals surface area (Å²) in [6, 6.07) is 11.2. The van der Waals surface area contributed by atoms with Crippen LogP contribution in [0.3, 0.4) is 0 Å². The summed E-state index contributed by atoms with van der Waals surface area (Å²) in [6.07, 6.45) is 0. The van der Waals surface area contributed by atoms with Gasteiger partial charge in [0.05, 0.1) is 10.3 Å². The van der Waals surface area contributed by atoms with E-state index >= 15 is 0 Å². The van der Waals surface area contributed by atoms with Crippen LogP contribution in [0.1, 0.15) is 25.3 Å². The van der Waals surface area contributed by atoms with Crippen molar-refractivity contribution in [2.75, 3.05) is 0 Å². The fourth-order valence-electron chi connectivity index (χ4n) is 2.47. The molecule has 24 heavy (non-hydrogen) atoms. The average molecular weight is 344 g/mol. The summed E-state index contributed by atoms with van der Waals surface area (Å²) in [5.41, 5.74) is 1.61. The van der Waals surface area contributed by atoms with Gasteiger partial charge in [-0.1, -0.05) is 31.5 Å². The zero-order valence-corrected chi connectivity index (χ0v) is 13.8. The summed E-state index contributed by atoms with van der Waals surface area (Å²) in [5, 5.41) is 11.1. The standard InChI is InChI=1S/C18H14ClNO4/c1-10(2)12-5-8-15-14(9-12)17(21)16(19)18(24-15)11-3-6-13(7-4-11)20(22)23/h3-10H,1-2H3. The molecule has 0 spiro atoms. The molecule has 0 saturated carbocycles. The van der Waals surface area contributed by atoms with Crippen molar-refractivity contribution in [2.24, 2.45) is 0 Å². The summed E-state index contributed by atoms with van der Waals surface area (Å²) in [6.45, 7) is 4.07. The van der Waals surface area contributed by atoms with Crippen LogP contribution in [-0.2, 0) is 0 Å². The highest BCUT2D eigenvalue weighted by Crippen LogP contribution is 2.31. The maximum Gasteiger partial charge on any atom is 0.269 e. The van der Waals surface area contributed by atoms with Crippen molar-refractivity contribution in [3.8, 4) is 11.3 Å². The molecule has 0 atom stereocenters. The van der Waals surface area contributed by atoms with Gasteiger partial charge >= 0.3 is 0 Å². The van der Waals surface area contributed by atoms with Gasteiger partial charge in [-0.15, -0.1) is 0 Å². The number of hydrogen-bond acceptors (Lipinski definition) is 4. The van der Waals surface area contributed by atoms with E-state index in [9.17, 15) is 14.9 Å². The Labute approximate surface area is 142 Å². The zero-order chi connectivity index (χ0) is 17.4. The van der Waals surface area contributed by atoms with Crippen molar-refractivity contribution in [2.45, 2.75) is 19.8 Å². The third kappa shape index (κ3) is 2.78. The van der Waals surface area contributed by atoms with E-state index in [1.807, 2.05) is 19.9 Å². The van der Waals surface area contributed by atoms with Gasteiger partial charge in [-0.2, -0.15) is 0 Å². The van der Waals surface area contributed by atoms with E-state index in [2.05, 4.69) is 0 Å². The molecule has 1 heterocycles. The molecule has 0 unspecified atom stereocenters. The molecule has 0 saturated heterocycles. The quantitative estimate of drug-likeness (QED) is 0.487. The molecule has 0 radical (unpaired) electrons. The van der Waals surface area contributed by atoms with Gasteiger partial charge in [-0.05, 0) is 35.7 Å². The Morgan fingerprint density at radius 1 is 1.12 bits per heavy atom. The van der Waals surface area contributed by atoms with Gasteiger partial charge in [0.25, 0.3) is 5.69 Å². The monoisotopic (exact) mass is 343 g/mol. The van der Waals surface area contributed by atoms with Crippen LogP contribution >= 0.6 is 11.6 Å². The number of hydrogen-bond donors (Lipinski definition) is 0. The SMILES string of the molecule is CC(C)c1ccc2oc(-c3ccc([N+](=O)[O-])cc3)c(Cl)c(=O)c2c1. The largest absolute Gasteiger partial charge is 0.454 e. The molecule has 0 fully saturated rings. The zero-order valence-electron chi connectivity index (χ0n) is 13.1. The van der Waals surface area contributed by atoms with Crippen molar-refractivity contribution < 1.29 is 9.34 Å². The molecule has 3 aromatic rings. The summed E-state index contributed by atoms with van der Waals surface area (Å²) < 4.78 is 5.79. The molecular weight excluding hydrogens is 330 g/mol. The molecule has 0 bridgehead atoms. The number of nitro groups is 1. The first-order chi connectivity index (χ1) is 11.4. The van der Waals surface area contributed by atoms with E-state index in [0.29, 0.717) is 16.5 Å². The summed E-state index contributed by atoms with van der Waals surface area (Å²) >= 11 is 6.20. The van der Waals surface area contributed by atoms with Gasteiger partial charge in [0.15, 0.2) is 5.76 Å². The Bertz CT molecular complexity index is 990. The minimum Gasteiger partial charge on any atom is -0.454 e. The Morgan fingerprint density at radius 2 is 1.79 bits per heavy atom. The van der Waals surface area contributed by atoms with Gasteiger partial charge in [0.1, 0.15) is 10.6 Å². The van der Waals surface area contributed by atoms with Crippen LogP contribution < -0.4 is 5.43 Å². The first-order valence-electron chi connectivity index (χ1n) is 7.39. The van der Waals surface area contributed by atoms with E-state index in [0.717, 1.165) is 5.56 Å². The average Bonchev–Trinajstić information content (AvgIpc) is 2.57. The molecule has 0 N–H and O–H groups in total. The lowest BCUT2D eigenvalue weighted by atomic mass is 10.0. The molecular formula is C18H14ClNO4. The molecule has 0 aliphatic heterocycles. The van der Waals surface area contributed by atoms with Crippen LogP contribution in [0.25, 0.3) is 22.3 Å². The van der Waals surface area contributed by atoms with E-state index in [1.54, 1.807) is 12.1 Å². The second kappa shape index (κ2) is 6.09. The first-order valence-corrected chi connectivity index (χ1v) is 7.77. The lowest BCUT2D eigenvalue weighted by Gasteiger charge is -2.09. The van der Waals surface area contributed by atoms with Crippen molar-refractivity contribution >= 4 is 28.3 Å². The fourth-order valence-corrected chi connectivity index (χ4v) is 2.72. The number of non-ortho nitro benzene ring substituents is 1. The number of rotatable bonds is 3. The van der Waals surface area contributed by atoms with Crippen LogP contribution in [0.15, 0.2) is 51.7 Å². The van der Waals surface area contributed by atoms with E-state index in [-0.39, 0.29) is 27.8 Å². The Kier molecular flexibility index (Phi) is 4.11. The van der Waals surface area contributed by atoms with E-state index in [1.165, 1.54) is 24.3 Å². The molecule has 1 aromatic heterocycles. The number of benzene rings is 2. The van der Waals surface area contributed by atoms with Crippen molar-refractivity contribution in [3.05, 3.63) is 73.4 Å². The van der Waals surface area contributed by atoms with Crippen molar-refractivity contribution in [1.82, 2.24) is 0 Å². The molecule has 5 nitrogen and oxygen atoms in total. The maximum atomic E-state index is 12.6. The van der Waals surface area contributed by atoms with Crippen LogP contribution in [0.4, 0.5) is 5.69 Å². The lowest BCUT2D eigenvalue weighted by Crippen LogP contribution is -2.05. The van der Waals surface area contributed by atoms with Crippen molar-refractivity contribution in [3.63, 3.8) is 0 Å². The van der Waals surface area contributed by atoms with Gasteiger partial charge in [0, 0.05) is 17.7 Å². The predicted molar refractivity (Wildman–Crippen MR) is 93.7 cm³/mol. The number of nitrogens with zero attached hydrogens (tertiary/aromatic N) is 1. The van der Waals surface area contributed by atoms with Gasteiger partial charge in [-0.25, -0.2) is 0 Å². The molecule has 0 amide bonds. The molecule has 122 valence electrons. The highest BCUT2D eigenvalue weighted by Gasteiger charge is 2.16. The third-order valence-electron chi connectivity index (χ3n) is 3.87. The molecule has 2 aromatic carbocycles. The summed E-state index contributed by atoms with van der Waals surface area (Å²) in [4.78, 5) is 22.8. The molecule has 0 aliphatic carbocycles. The lowest BCUT2D eigenvalue weighted by molar-refractivity contribution is -0.384. The highest BCUT2D eigenvalue weighted by atomic mass is 35.5. The minimum atomic E-state index is -0.491. The summed E-state index contributed by atoms with van der Waals surface area (Å²) in [5.74, 6) is 0.489. The first kappa shape index (κ1) is 16.2. The highest BCUT2D eigenvalue weighted by molar-refractivity contribution is 6.33. The second-order valence-electron chi connectivity index (χ2n) is 5.79. The number of halogens is 1.